The van der Waals surface area contributed by atoms with E-state index in [0.29, 0.717) is 6.04 Å². The van der Waals surface area contributed by atoms with E-state index in [4.69, 9.17) is 0 Å². The van der Waals surface area contributed by atoms with Crippen molar-refractivity contribution in [2.24, 2.45) is 0 Å². The van der Waals surface area contributed by atoms with Gasteiger partial charge in [0, 0.05) is 12.2 Å². The SMILES string of the molecule is CC(C(=O)NC1CCCCC1)c1ccccn1. The van der Waals surface area contributed by atoms with Crippen LogP contribution in [0, 0.1) is 0 Å². The minimum absolute atomic E-state index is 0.107. The van der Waals surface area contributed by atoms with Crippen LogP contribution in [0.1, 0.15) is 50.6 Å². The van der Waals surface area contributed by atoms with Crippen LogP contribution in [0.3, 0.4) is 0 Å². The van der Waals surface area contributed by atoms with Gasteiger partial charge >= 0.3 is 0 Å². The molecule has 1 unspecified atom stereocenters. The average Bonchev–Trinajstić information content (AvgIpc) is 2.40. The first-order valence-electron chi connectivity index (χ1n) is 6.48. The third-order valence-electron chi connectivity index (χ3n) is 3.48. The fourth-order valence-electron chi connectivity index (χ4n) is 2.34. The van der Waals surface area contributed by atoms with E-state index in [1.54, 1.807) is 6.20 Å². The van der Waals surface area contributed by atoms with Gasteiger partial charge in [-0.15, -0.1) is 0 Å². The maximum Gasteiger partial charge on any atom is 0.229 e. The van der Waals surface area contributed by atoms with Crippen LogP contribution in [0.25, 0.3) is 0 Å². The highest BCUT2D eigenvalue weighted by Crippen LogP contribution is 2.19. The zero-order valence-corrected chi connectivity index (χ0v) is 10.4. The minimum Gasteiger partial charge on any atom is -0.353 e. The van der Waals surface area contributed by atoms with Crippen LogP contribution in [0.15, 0.2) is 24.4 Å². The maximum atomic E-state index is 12.1. The van der Waals surface area contributed by atoms with Crippen LogP contribution in [-0.4, -0.2) is 16.9 Å². The summed E-state index contributed by atoms with van der Waals surface area (Å²) in [5.74, 6) is -0.0475. The molecule has 3 heteroatoms. The number of carbonyl (C=O) groups excluding carboxylic acids is 1. The lowest BCUT2D eigenvalue weighted by Gasteiger charge is -2.24. The molecule has 1 aliphatic rings. The number of hydrogen-bond donors (Lipinski definition) is 1. The highest BCUT2D eigenvalue weighted by molar-refractivity contribution is 5.82. The van der Waals surface area contributed by atoms with E-state index >= 15 is 0 Å². The summed E-state index contributed by atoms with van der Waals surface area (Å²) in [6.07, 6.45) is 7.77. The summed E-state index contributed by atoms with van der Waals surface area (Å²) < 4.78 is 0. The molecule has 1 atom stereocenters. The van der Waals surface area contributed by atoms with Crippen molar-refractivity contribution >= 4 is 5.91 Å². The Bertz CT molecular complexity index is 358. The molecule has 17 heavy (non-hydrogen) atoms. The van der Waals surface area contributed by atoms with Gasteiger partial charge < -0.3 is 5.32 Å². The number of carbonyl (C=O) groups is 1. The van der Waals surface area contributed by atoms with Crippen molar-refractivity contribution in [2.75, 3.05) is 0 Å². The van der Waals surface area contributed by atoms with Gasteiger partial charge in [-0.2, -0.15) is 0 Å². The predicted molar refractivity (Wildman–Crippen MR) is 67.7 cm³/mol. The summed E-state index contributed by atoms with van der Waals surface area (Å²) in [5.41, 5.74) is 0.848. The Morgan fingerprint density at radius 2 is 2.12 bits per heavy atom. The number of pyridine rings is 1. The molecule has 0 spiro atoms. The van der Waals surface area contributed by atoms with E-state index in [-0.39, 0.29) is 11.8 Å². The van der Waals surface area contributed by atoms with E-state index in [1.165, 1.54) is 19.3 Å². The zero-order valence-electron chi connectivity index (χ0n) is 10.4. The second-order valence-corrected chi connectivity index (χ2v) is 4.82. The summed E-state index contributed by atoms with van der Waals surface area (Å²) in [6, 6.07) is 6.08. The first kappa shape index (κ1) is 12.1. The van der Waals surface area contributed by atoms with E-state index in [2.05, 4.69) is 10.3 Å². The smallest absolute Gasteiger partial charge is 0.229 e. The first-order valence-corrected chi connectivity index (χ1v) is 6.48. The van der Waals surface area contributed by atoms with Crippen molar-refractivity contribution in [2.45, 2.75) is 51.0 Å². The molecule has 1 N–H and O–H groups in total. The van der Waals surface area contributed by atoms with Crippen LogP contribution in [-0.2, 0) is 4.79 Å². The van der Waals surface area contributed by atoms with Gasteiger partial charge in [-0.1, -0.05) is 25.3 Å². The van der Waals surface area contributed by atoms with Gasteiger partial charge in [-0.3, -0.25) is 9.78 Å². The van der Waals surface area contributed by atoms with Gasteiger partial charge in [0.1, 0.15) is 0 Å². The standard InChI is InChI=1S/C14H20N2O/c1-11(13-9-5-6-10-15-13)14(17)16-12-7-3-2-4-8-12/h5-6,9-12H,2-4,7-8H2,1H3,(H,16,17). The molecule has 92 valence electrons. The van der Waals surface area contributed by atoms with Crippen LogP contribution in [0.5, 0.6) is 0 Å². The molecule has 1 aromatic rings. The number of nitrogens with one attached hydrogen (secondary N) is 1. The molecule has 1 amide bonds. The van der Waals surface area contributed by atoms with Crippen molar-refractivity contribution in [3.8, 4) is 0 Å². The van der Waals surface area contributed by atoms with Crippen molar-refractivity contribution in [3.63, 3.8) is 0 Å². The van der Waals surface area contributed by atoms with Crippen LogP contribution >= 0.6 is 0 Å². The first-order chi connectivity index (χ1) is 8.27. The van der Waals surface area contributed by atoms with Crippen molar-refractivity contribution < 1.29 is 4.79 Å². The minimum atomic E-state index is -0.155. The normalized spacial score (nSPS) is 18.6. The Kier molecular flexibility index (Phi) is 4.13. The lowest BCUT2D eigenvalue weighted by Crippen LogP contribution is -2.38. The molecule has 2 rings (SSSR count). The topological polar surface area (TPSA) is 42.0 Å². The van der Waals surface area contributed by atoms with Gasteiger partial charge in [-0.25, -0.2) is 0 Å². The third-order valence-corrected chi connectivity index (χ3v) is 3.48. The van der Waals surface area contributed by atoms with E-state index in [1.807, 2.05) is 25.1 Å². The monoisotopic (exact) mass is 232 g/mol. The van der Waals surface area contributed by atoms with E-state index in [0.717, 1.165) is 18.5 Å². The summed E-state index contributed by atoms with van der Waals surface area (Å²) in [7, 11) is 0. The molecule has 3 nitrogen and oxygen atoms in total. The number of hydrogen-bond acceptors (Lipinski definition) is 2. The quantitative estimate of drug-likeness (QED) is 0.870. The number of amides is 1. The molecule has 1 fully saturated rings. The molecule has 0 bridgehead atoms. The molecular weight excluding hydrogens is 212 g/mol. The second kappa shape index (κ2) is 5.80. The lowest BCUT2D eigenvalue weighted by molar-refractivity contribution is -0.123. The highest BCUT2D eigenvalue weighted by atomic mass is 16.1. The lowest BCUT2D eigenvalue weighted by atomic mass is 9.94. The molecular formula is C14H20N2O. The summed E-state index contributed by atoms with van der Waals surface area (Å²) in [4.78, 5) is 16.3. The predicted octanol–water partition coefficient (Wildman–Crippen LogP) is 2.63. The number of nitrogens with zero attached hydrogens (tertiary/aromatic N) is 1. The number of rotatable bonds is 3. The average molecular weight is 232 g/mol. The van der Waals surface area contributed by atoms with Gasteiger partial charge in [0.05, 0.1) is 11.6 Å². The van der Waals surface area contributed by atoms with Gasteiger partial charge in [0.25, 0.3) is 0 Å². The van der Waals surface area contributed by atoms with Crippen molar-refractivity contribution in [1.82, 2.24) is 10.3 Å². The largest absolute Gasteiger partial charge is 0.353 e. The summed E-state index contributed by atoms with van der Waals surface area (Å²) >= 11 is 0. The van der Waals surface area contributed by atoms with E-state index in [9.17, 15) is 4.79 Å². The molecule has 0 aromatic carbocycles. The number of aromatic nitrogens is 1. The fraction of sp³-hybridized carbons (Fsp3) is 0.571. The second-order valence-electron chi connectivity index (χ2n) is 4.82. The molecule has 1 heterocycles. The molecule has 0 aliphatic heterocycles. The van der Waals surface area contributed by atoms with Crippen molar-refractivity contribution in [1.29, 1.82) is 0 Å². The third kappa shape index (κ3) is 3.29. The Morgan fingerprint density at radius 3 is 2.76 bits per heavy atom. The molecule has 0 saturated heterocycles. The Balaban J connectivity index is 1.91. The highest BCUT2D eigenvalue weighted by Gasteiger charge is 2.21. The van der Waals surface area contributed by atoms with Crippen LogP contribution < -0.4 is 5.32 Å². The Hall–Kier alpha value is -1.38. The van der Waals surface area contributed by atoms with Crippen LogP contribution in [0.2, 0.25) is 0 Å². The molecule has 1 aliphatic carbocycles. The Morgan fingerprint density at radius 1 is 1.35 bits per heavy atom. The van der Waals surface area contributed by atoms with Gasteiger partial charge in [0.2, 0.25) is 5.91 Å². The fourth-order valence-corrected chi connectivity index (χ4v) is 2.34. The Labute approximate surface area is 103 Å². The zero-order chi connectivity index (χ0) is 12.1. The van der Waals surface area contributed by atoms with Crippen LogP contribution in [0.4, 0.5) is 0 Å². The molecule has 0 radical (unpaired) electrons. The van der Waals surface area contributed by atoms with E-state index < -0.39 is 0 Å². The van der Waals surface area contributed by atoms with Gasteiger partial charge in [0.15, 0.2) is 0 Å². The van der Waals surface area contributed by atoms with Gasteiger partial charge in [-0.05, 0) is 31.9 Å². The maximum absolute atomic E-state index is 12.1. The molecule has 1 aromatic heterocycles. The van der Waals surface area contributed by atoms with Crippen molar-refractivity contribution in [3.05, 3.63) is 30.1 Å². The summed E-state index contributed by atoms with van der Waals surface area (Å²) in [6.45, 7) is 1.92. The molecule has 1 saturated carbocycles. The summed E-state index contributed by atoms with van der Waals surface area (Å²) in [5, 5.41) is 3.14.